The zero-order chi connectivity index (χ0) is 24.0. The fourth-order valence-corrected chi connectivity index (χ4v) is 5.38. The zero-order valence-corrected chi connectivity index (χ0v) is 18.6. The van der Waals surface area contributed by atoms with Gasteiger partial charge in [0.1, 0.15) is 11.9 Å². The zero-order valence-electron chi connectivity index (χ0n) is 17.9. The monoisotopic (exact) mass is 471 g/mol. The molecule has 0 radical (unpaired) electrons. The van der Waals surface area contributed by atoms with Crippen molar-refractivity contribution in [3.63, 3.8) is 0 Å². The summed E-state index contributed by atoms with van der Waals surface area (Å²) in [5, 5.41) is 10.9. The molecule has 0 saturated carbocycles. The third-order valence-corrected chi connectivity index (χ3v) is 7.02. The molecule has 3 aromatic carbocycles. The van der Waals surface area contributed by atoms with E-state index in [0.29, 0.717) is 21.8 Å². The summed E-state index contributed by atoms with van der Waals surface area (Å²) in [6.45, 7) is 0. The molecule has 2 aliphatic heterocycles. The average molecular weight is 472 g/mol. The molecule has 0 aliphatic carbocycles. The molecule has 5 nitrogen and oxygen atoms in total. The van der Waals surface area contributed by atoms with Crippen molar-refractivity contribution in [3.8, 4) is 6.07 Å². The summed E-state index contributed by atoms with van der Waals surface area (Å²) in [5.41, 5.74) is 6.58. The molecule has 0 aromatic heterocycles. The molecule has 0 bridgehead atoms. The average Bonchev–Trinajstić information content (AvgIpc) is 3.16. The lowest BCUT2D eigenvalue weighted by atomic mass is 9.67. The van der Waals surface area contributed by atoms with Crippen LogP contribution >= 0.6 is 11.6 Å². The Labute approximate surface area is 200 Å². The third kappa shape index (κ3) is 3.12. The second-order valence-corrected chi connectivity index (χ2v) is 8.90. The van der Waals surface area contributed by atoms with Gasteiger partial charge >= 0.3 is 0 Å². The molecule has 2 N–H and O–H groups in total. The number of amides is 1. The van der Waals surface area contributed by atoms with Gasteiger partial charge < -0.3 is 10.6 Å². The van der Waals surface area contributed by atoms with Gasteiger partial charge in [0.2, 0.25) is 5.91 Å². The maximum absolute atomic E-state index is 14.1. The first-order valence-corrected chi connectivity index (χ1v) is 11.1. The maximum atomic E-state index is 14.1. The first kappa shape index (κ1) is 21.9. The van der Waals surface area contributed by atoms with Crippen LogP contribution in [-0.4, -0.2) is 23.8 Å². The number of anilines is 1. The summed E-state index contributed by atoms with van der Waals surface area (Å²) in [5.74, 6) is -2.54. The van der Waals surface area contributed by atoms with E-state index >= 15 is 0 Å². The van der Waals surface area contributed by atoms with Gasteiger partial charge in [0.15, 0.2) is 11.2 Å². The highest BCUT2D eigenvalue weighted by atomic mass is 35.5. The van der Waals surface area contributed by atoms with Crippen LogP contribution in [0.2, 0.25) is 5.02 Å². The van der Waals surface area contributed by atoms with Crippen molar-refractivity contribution in [3.05, 3.63) is 106 Å². The number of carbonyl (C=O) groups excluding carboxylic acids is 2. The number of halogens is 2. The predicted molar refractivity (Wildman–Crippen MR) is 128 cm³/mol. The Balaban J connectivity index is 1.80. The van der Waals surface area contributed by atoms with Crippen molar-refractivity contribution in [1.82, 2.24) is 0 Å². The molecule has 1 fully saturated rings. The SMILES string of the molecule is N#C[C@@]1(C(N)=O)[C@@H](c2ccc(F)cc2)[C@@H](C(=O)c2ccc(Cl)cc2)N2c3ccccc3C=C[C@@H]21. The molecule has 34 heavy (non-hydrogen) atoms. The first-order valence-electron chi connectivity index (χ1n) is 10.7. The number of nitrogens with two attached hydrogens (primary N) is 1. The van der Waals surface area contributed by atoms with Crippen LogP contribution in [0.3, 0.4) is 0 Å². The minimum Gasteiger partial charge on any atom is -0.368 e. The lowest BCUT2D eigenvalue weighted by molar-refractivity contribution is -0.125. The van der Waals surface area contributed by atoms with E-state index in [1.54, 1.807) is 30.3 Å². The number of hydrogen-bond acceptors (Lipinski definition) is 4. The standard InChI is InChI=1S/C27H19ClFN3O2/c28-19-10-5-18(6-11-19)25(33)24-23(17-7-12-20(29)13-8-17)27(15-30,26(31)34)22-14-9-16-3-1-2-4-21(16)32(22)24/h1-14,22-24H,(H2,31,34)/t22-,23+,24+,27+/m1/s1. The molecule has 2 heterocycles. The molecule has 5 rings (SSSR count). The highest BCUT2D eigenvalue weighted by molar-refractivity contribution is 6.30. The second-order valence-electron chi connectivity index (χ2n) is 8.46. The number of hydrogen-bond donors (Lipinski definition) is 1. The van der Waals surface area contributed by atoms with Crippen molar-refractivity contribution < 1.29 is 14.0 Å². The number of ketones is 1. The van der Waals surface area contributed by atoms with Crippen LogP contribution in [0, 0.1) is 22.6 Å². The molecular weight excluding hydrogens is 453 g/mol. The van der Waals surface area contributed by atoms with Crippen molar-refractivity contribution in [1.29, 1.82) is 5.26 Å². The third-order valence-electron chi connectivity index (χ3n) is 6.76. The number of benzene rings is 3. The molecule has 4 atom stereocenters. The largest absolute Gasteiger partial charge is 0.368 e. The Morgan fingerprint density at radius 2 is 1.71 bits per heavy atom. The van der Waals surface area contributed by atoms with E-state index in [9.17, 15) is 19.2 Å². The van der Waals surface area contributed by atoms with Crippen LogP contribution < -0.4 is 10.6 Å². The number of para-hydroxylation sites is 1. The van der Waals surface area contributed by atoms with Gasteiger partial charge in [0, 0.05) is 22.2 Å². The van der Waals surface area contributed by atoms with Crippen molar-refractivity contribution in [2.45, 2.75) is 18.0 Å². The number of nitriles is 1. The van der Waals surface area contributed by atoms with Gasteiger partial charge in [-0.25, -0.2) is 4.39 Å². The van der Waals surface area contributed by atoms with Crippen LogP contribution in [-0.2, 0) is 4.79 Å². The van der Waals surface area contributed by atoms with E-state index in [-0.39, 0.29) is 5.78 Å². The fourth-order valence-electron chi connectivity index (χ4n) is 5.26. The lowest BCUT2D eigenvalue weighted by Crippen LogP contribution is -2.49. The highest BCUT2D eigenvalue weighted by Crippen LogP contribution is 2.55. The van der Waals surface area contributed by atoms with Crippen LogP contribution in [0.15, 0.2) is 78.9 Å². The van der Waals surface area contributed by atoms with E-state index in [2.05, 4.69) is 6.07 Å². The van der Waals surface area contributed by atoms with E-state index in [0.717, 1.165) is 5.56 Å². The van der Waals surface area contributed by atoms with Crippen molar-refractivity contribution >= 4 is 35.1 Å². The Hall–Kier alpha value is -3.95. The van der Waals surface area contributed by atoms with Gasteiger partial charge in [-0.2, -0.15) is 5.26 Å². The van der Waals surface area contributed by atoms with Gasteiger partial charge in [-0.15, -0.1) is 0 Å². The number of primary amides is 1. The van der Waals surface area contributed by atoms with Crippen LogP contribution in [0.25, 0.3) is 6.08 Å². The fraction of sp³-hybridized carbons (Fsp3) is 0.148. The van der Waals surface area contributed by atoms with Gasteiger partial charge in [-0.3, -0.25) is 9.59 Å². The molecular formula is C27H19ClFN3O2. The molecule has 0 spiro atoms. The molecule has 2 aliphatic rings. The van der Waals surface area contributed by atoms with Crippen LogP contribution in [0.1, 0.15) is 27.4 Å². The second kappa shape index (κ2) is 8.12. The van der Waals surface area contributed by atoms with Crippen molar-refractivity contribution in [2.75, 3.05) is 4.90 Å². The summed E-state index contributed by atoms with van der Waals surface area (Å²) in [7, 11) is 0. The highest BCUT2D eigenvalue weighted by Gasteiger charge is 2.65. The topological polar surface area (TPSA) is 87.2 Å². The Bertz CT molecular complexity index is 1360. The van der Waals surface area contributed by atoms with Gasteiger partial charge in [0.05, 0.1) is 12.1 Å². The van der Waals surface area contributed by atoms with Gasteiger partial charge in [-0.05, 0) is 53.6 Å². The molecule has 1 amide bonds. The normalized spacial score (nSPS) is 24.7. The number of Topliss-reactive ketones (excluding diaryl/α,β-unsaturated/α-hetero) is 1. The predicted octanol–water partition coefficient (Wildman–Crippen LogP) is 4.73. The summed E-state index contributed by atoms with van der Waals surface area (Å²) in [6.07, 6.45) is 3.59. The van der Waals surface area contributed by atoms with E-state index in [1.807, 2.05) is 35.2 Å². The summed E-state index contributed by atoms with van der Waals surface area (Å²) >= 11 is 6.03. The Morgan fingerprint density at radius 1 is 1.03 bits per heavy atom. The van der Waals surface area contributed by atoms with E-state index in [4.69, 9.17) is 17.3 Å². The number of carbonyl (C=O) groups is 2. The van der Waals surface area contributed by atoms with Crippen LogP contribution in [0.4, 0.5) is 10.1 Å². The minimum atomic E-state index is -1.77. The Kier molecular flexibility index (Phi) is 5.22. The molecule has 168 valence electrons. The smallest absolute Gasteiger partial charge is 0.241 e. The summed E-state index contributed by atoms with van der Waals surface area (Å²) < 4.78 is 13.8. The molecule has 0 unspecified atom stereocenters. The lowest BCUT2D eigenvalue weighted by Gasteiger charge is -2.36. The quantitative estimate of drug-likeness (QED) is 0.557. The molecule has 3 aromatic rings. The minimum absolute atomic E-state index is 0.292. The maximum Gasteiger partial charge on any atom is 0.241 e. The van der Waals surface area contributed by atoms with Gasteiger partial charge in [0.25, 0.3) is 0 Å². The van der Waals surface area contributed by atoms with E-state index < -0.39 is 35.1 Å². The van der Waals surface area contributed by atoms with Crippen LogP contribution in [0.5, 0.6) is 0 Å². The molecule has 1 saturated heterocycles. The molecule has 7 heteroatoms. The number of rotatable bonds is 4. The Morgan fingerprint density at radius 3 is 2.35 bits per heavy atom. The van der Waals surface area contributed by atoms with Gasteiger partial charge in [-0.1, -0.05) is 54.1 Å². The number of nitrogens with zero attached hydrogens (tertiary/aromatic N) is 2. The number of fused-ring (bicyclic) bond motifs is 3. The first-order chi connectivity index (χ1) is 16.4. The van der Waals surface area contributed by atoms with Crippen molar-refractivity contribution in [2.24, 2.45) is 11.1 Å². The van der Waals surface area contributed by atoms with E-state index in [1.165, 1.54) is 24.3 Å². The summed E-state index contributed by atoms with van der Waals surface area (Å²) in [6, 6.07) is 19.9. The summed E-state index contributed by atoms with van der Waals surface area (Å²) in [4.78, 5) is 28.9.